The van der Waals surface area contributed by atoms with Crippen LogP contribution in [-0.4, -0.2) is 25.0 Å². The zero-order chi connectivity index (χ0) is 13.7. The standard InChI is InChI=1S/C15H25N3O/c1-2-6-15(7-9-17-10-8-15)14(19)18-13-5-3-4-12(13)11-16/h12-13,17H,2-10H2,1H3,(H,18,19). The summed E-state index contributed by atoms with van der Waals surface area (Å²) in [5.74, 6) is 0.215. The second kappa shape index (κ2) is 6.38. The lowest BCUT2D eigenvalue weighted by Gasteiger charge is -2.37. The zero-order valence-electron chi connectivity index (χ0n) is 11.9. The number of nitrogens with one attached hydrogen (secondary N) is 2. The maximum atomic E-state index is 12.7. The molecule has 4 heteroatoms. The van der Waals surface area contributed by atoms with E-state index >= 15 is 0 Å². The third-order valence-corrected chi connectivity index (χ3v) is 4.77. The first-order chi connectivity index (χ1) is 9.22. The monoisotopic (exact) mass is 263 g/mol. The van der Waals surface area contributed by atoms with Crippen LogP contribution in [0.5, 0.6) is 0 Å². The Kier molecular flexibility index (Phi) is 4.81. The summed E-state index contributed by atoms with van der Waals surface area (Å²) < 4.78 is 0. The van der Waals surface area contributed by atoms with Crippen LogP contribution in [0.3, 0.4) is 0 Å². The number of carbonyl (C=O) groups is 1. The van der Waals surface area contributed by atoms with Gasteiger partial charge in [0.15, 0.2) is 0 Å². The van der Waals surface area contributed by atoms with Gasteiger partial charge in [-0.05, 0) is 51.6 Å². The molecule has 1 heterocycles. The lowest BCUT2D eigenvalue weighted by Crippen LogP contribution is -2.50. The number of nitrogens with zero attached hydrogens (tertiary/aromatic N) is 1. The van der Waals surface area contributed by atoms with Gasteiger partial charge in [0.25, 0.3) is 0 Å². The fourth-order valence-electron chi connectivity index (χ4n) is 3.58. The van der Waals surface area contributed by atoms with E-state index in [-0.39, 0.29) is 23.3 Å². The smallest absolute Gasteiger partial charge is 0.226 e. The van der Waals surface area contributed by atoms with E-state index in [2.05, 4.69) is 23.6 Å². The van der Waals surface area contributed by atoms with Gasteiger partial charge in [-0.1, -0.05) is 13.3 Å². The minimum Gasteiger partial charge on any atom is -0.352 e. The number of piperidine rings is 1. The van der Waals surface area contributed by atoms with Crippen molar-refractivity contribution in [2.75, 3.05) is 13.1 Å². The minimum absolute atomic E-state index is 0.0179. The Balaban J connectivity index is 2.01. The van der Waals surface area contributed by atoms with E-state index in [1.54, 1.807) is 0 Å². The molecule has 1 saturated carbocycles. The van der Waals surface area contributed by atoms with Crippen molar-refractivity contribution in [1.82, 2.24) is 10.6 Å². The molecule has 0 aromatic heterocycles. The Morgan fingerprint density at radius 3 is 2.79 bits per heavy atom. The predicted octanol–water partition coefficient (Wildman–Crippen LogP) is 1.96. The fourth-order valence-corrected chi connectivity index (χ4v) is 3.58. The van der Waals surface area contributed by atoms with Crippen LogP contribution in [0.1, 0.15) is 51.9 Å². The van der Waals surface area contributed by atoms with Gasteiger partial charge in [-0.2, -0.15) is 5.26 Å². The summed E-state index contributed by atoms with van der Waals surface area (Å²) in [6.45, 7) is 4.00. The van der Waals surface area contributed by atoms with Gasteiger partial charge < -0.3 is 10.6 Å². The molecule has 2 atom stereocenters. The summed E-state index contributed by atoms with van der Waals surface area (Å²) in [4.78, 5) is 12.7. The molecule has 2 rings (SSSR count). The fraction of sp³-hybridized carbons (Fsp3) is 0.867. The number of hydrogen-bond donors (Lipinski definition) is 2. The molecule has 0 bridgehead atoms. The maximum absolute atomic E-state index is 12.7. The largest absolute Gasteiger partial charge is 0.352 e. The molecule has 2 aliphatic rings. The van der Waals surface area contributed by atoms with Crippen LogP contribution >= 0.6 is 0 Å². The molecule has 4 nitrogen and oxygen atoms in total. The van der Waals surface area contributed by atoms with E-state index in [0.717, 1.165) is 58.0 Å². The predicted molar refractivity (Wildman–Crippen MR) is 74.3 cm³/mol. The van der Waals surface area contributed by atoms with Crippen molar-refractivity contribution in [3.05, 3.63) is 0 Å². The molecular formula is C15H25N3O. The van der Waals surface area contributed by atoms with Crippen LogP contribution in [0.15, 0.2) is 0 Å². The molecular weight excluding hydrogens is 238 g/mol. The van der Waals surface area contributed by atoms with Gasteiger partial charge in [0, 0.05) is 6.04 Å². The van der Waals surface area contributed by atoms with Crippen LogP contribution in [0.4, 0.5) is 0 Å². The van der Waals surface area contributed by atoms with Crippen LogP contribution in [0, 0.1) is 22.7 Å². The number of carbonyl (C=O) groups excluding carboxylic acids is 1. The average Bonchev–Trinajstić information content (AvgIpc) is 2.87. The van der Waals surface area contributed by atoms with E-state index in [1.165, 1.54) is 0 Å². The first kappa shape index (κ1) is 14.3. The SMILES string of the molecule is CCCC1(C(=O)NC2CCCC2C#N)CCNCC1. The maximum Gasteiger partial charge on any atom is 0.226 e. The number of amides is 1. The molecule has 2 unspecified atom stereocenters. The van der Waals surface area contributed by atoms with Crippen LogP contribution in [-0.2, 0) is 4.79 Å². The highest BCUT2D eigenvalue weighted by Gasteiger charge is 2.40. The van der Waals surface area contributed by atoms with Crippen molar-refractivity contribution in [3.8, 4) is 6.07 Å². The quantitative estimate of drug-likeness (QED) is 0.815. The van der Waals surface area contributed by atoms with E-state index in [1.807, 2.05) is 0 Å². The molecule has 1 aliphatic carbocycles. The average molecular weight is 263 g/mol. The van der Waals surface area contributed by atoms with Crippen molar-refractivity contribution < 1.29 is 4.79 Å². The molecule has 0 aromatic carbocycles. The first-order valence-electron chi connectivity index (χ1n) is 7.63. The van der Waals surface area contributed by atoms with Gasteiger partial charge in [0.2, 0.25) is 5.91 Å². The minimum atomic E-state index is -0.192. The highest BCUT2D eigenvalue weighted by molar-refractivity contribution is 5.83. The molecule has 1 amide bonds. The van der Waals surface area contributed by atoms with E-state index in [4.69, 9.17) is 5.26 Å². The van der Waals surface area contributed by atoms with Crippen molar-refractivity contribution in [3.63, 3.8) is 0 Å². The molecule has 106 valence electrons. The van der Waals surface area contributed by atoms with E-state index in [9.17, 15) is 4.79 Å². The molecule has 2 fully saturated rings. The third-order valence-electron chi connectivity index (χ3n) is 4.77. The number of nitriles is 1. The van der Waals surface area contributed by atoms with Crippen LogP contribution < -0.4 is 10.6 Å². The van der Waals surface area contributed by atoms with Crippen molar-refractivity contribution in [1.29, 1.82) is 5.26 Å². The summed E-state index contributed by atoms with van der Waals surface area (Å²) in [7, 11) is 0. The van der Waals surface area contributed by atoms with Crippen LogP contribution in [0.25, 0.3) is 0 Å². The van der Waals surface area contributed by atoms with Gasteiger partial charge in [0.1, 0.15) is 0 Å². The third kappa shape index (κ3) is 3.09. The lowest BCUT2D eigenvalue weighted by atomic mass is 9.74. The van der Waals surface area contributed by atoms with Gasteiger partial charge >= 0.3 is 0 Å². The summed E-state index contributed by atoms with van der Waals surface area (Å²) >= 11 is 0. The molecule has 0 radical (unpaired) electrons. The molecule has 0 aromatic rings. The van der Waals surface area contributed by atoms with Crippen molar-refractivity contribution in [2.45, 2.75) is 57.9 Å². The highest BCUT2D eigenvalue weighted by Crippen LogP contribution is 2.35. The summed E-state index contributed by atoms with van der Waals surface area (Å²) in [6, 6.07) is 2.42. The Morgan fingerprint density at radius 1 is 1.42 bits per heavy atom. The van der Waals surface area contributed by atoms with Gasteiger partial charge in [0.05, 0.1) is 17.4 Å². The van der Waals surface area contributed by atoms with E-state index in [0.29, 0.717) is 0 Å². The highest BCUT2D eigenvalue weighted by atomic mass is 16.2. The van der Waals surface area contributed by atoms with Gasteiger partial charge in [-0.3, -0.25) is 4.79 Å². The molecule has 1 aliphatic heterocycles. The van der Waals surface area contributed by atoms with Gasteiger partial charge in [-0.25, -0.2) is 0 Å². The van der Waals surface area contributed by atoms with Crippen molar-refractivity contribution in [2.24, 2.45) is 11.3 Å². The Morgan fingerprint density at radius 2 is 2.16 bits per heavy atom. The molecule has 1 saturated heterocycles. The van der Waals surface area contributed by atoms with E-state index < -0.39 is 0 Å². The number of rotatable bonds is 4. The second-order valence-corrected chi connectivity index (χ2v) is 6.03. The lowest BCUT2D eigenvalue weighted by molar-refractivity contribution is -0.134. The Labute approximate surface area is 115 Å². The Bertz CT molecular complexity index is 349. The number of hydrogen-bond acceptors (Lipinski definition) is 3. The molecule has 2 N–H and O–H groups in total. The van der Waals surface area contributed by atoms with Gasteiger partial charge in [-0.15, -0.1) is 0 Å². The normalized spacial score (nSPS) is 29.7. The molecule has 19 heavy (non-hydrogen) atoms. The van der Waals surface area contributed by atoms with Crippen LogP contribution in [0.2, 0.25) is 0 Å². The summed E-state index contributed by atoms with van der Waals surface area (Å²) in [6.07, 6.45) is 6.82. The topological polar surface area (TPSA) is 64.9 Å². The van der Waals surface area contributed by atoms with Crippen molar-refractivity contribution >= 4 is 5.91 Å². The first-order valence-corrected chi connectivity index (χ1v) is 7.63. The summed E-state index contributed by atoms with van der Waals surface area (Å²) in [5, 5.41) is 15.6. The zero-order valence-corrected chi connectivity index (χ0v) is 11.9. The Hall–Kier alpha value is -1.08. The summed E-state index contributed by atoms with van der Waals surface area (Å²) in [5.41, 5.74) is -0.192. The second-order valence-electron chi connectivity index (χ2n) is 6.03. The molecule has 0 spiro atoms.